The van der Waals surface area contributed by atoms with Crippen molar-refractivity contribution in [1.82, 2.24) is 14.9 Å². The van der Waals surface area contributed by atoms with Gasteiger partial charge in [-0.3, -0.25) is 0 Å². The van der Waals surface area contributed by atoms with Crippen LogP contribution in [0.1, 0.15) is 44.5 Å². The topological polar surface area (TPSA) is 85.1 Å². The average Bonchev–Trinajstić information content (AvgIpc) is 3.18. The second kappa shape index (κ2) is 6.80. The van der Waals surface area contributed by atoms with E-state index in [0.717, 1.165) is 31.2 Å². The maximum Gasteiger partial charge on any atom is 0.244 e. The molecule has 0 radical (unpaired) electrons. The average molecular weight is 335 g/mol. The van der Waals surface area contributed by atoms with Crippen LogP contribution in [-0.2, 0) is 10.0 Å². The molecule has 2 aromatic rings. The first kappa shape index (κ1) is 16.1. The summed E-state index contributed by atoms with van der Waals surface area (Å²) in [6.07, 6.45) is 4.24. The van der Waals surface area contributed by atoms with Gasteiger partial charge in [-0.05, 0) is 25.7 Å². The van der Waals surface area contributed by atoms with E-state index in [9.17, 15) is 8.42 Å². The van der Waals surface area contributed by atoms with Crippen LogP contribution < -0.4 is 4.72 Å². The van der Waals surface area contributed by atoms with Gasteiger partial charge < -0.3 is 4.52 Å². The Bertz CT molecular complexity index is 737. The monoisotopic (exact) mass is 335 g/mol. The van der Waals surface area contributed by atoms with Gasteiger partial charge >= 0.3 is 0 Å². The van der Waals surface area contributed by atoms with Crippen LogP contribution in [-0.4, -0.2) is 24.3 Å². The number of hydrogen-bond acceptors (Lipinski definition) is 5. The van der Waals surface area contributed by atoms with Gasteiger partial charge in [0.1, 0.15) is 0 Å². The van der Waals surface area contributed by atoms with Gasteiger partial charge in [-0.25, -0.2) is 13.1 Å². The minimum atomic E-state index is -3.35. The van der Waals surface area contributed by atoms with Crippen LogP contribution in [0.2, 0.25) is 0 Å². The molecule has 1 aliphatic rings. The van der Waals surface area contributed by atoms with E-state index < -0.39 is 16.1 Å². The first-order valence-electron chi connectivity index (χ1n) is 7.92. The highest BCUT2D eigenvalue weighted by molar-refractivity contribution is 7.89. The molecule has 0 amide bonds. The number of aromatic nitrogens is 2. The molecule has 1 heterocycles. The summed E-state index contributed by atoms with van der Waals surface area (Å²) in [6.45, 7) is 1.72. The lowest BCUT2D eigenvalue weighted by Gasteiger charge is -2.13. The summed E-state index contributed by atoms with van der Waals surface area (Å²) in [7, 11) is -3.35. The summed E-state index contributed by atoms with van der Waals surface area (Å²) in [5.74, 6) is 1.18. The molecular formula is C16H21N3O3S. The van der Waals surface area contributed by atoms with Gasteiger partial charge in [0.25, 0.3) is 0 Å². The molecule has 1 aromatic heterocycles. The lowest BCUT2D eigenvalue weighted by molar-refractivity contribution is 0.353. The predicted octanol–water partition coefficient (Wildman–Crippen LogP) is 2.91. The molecule has 124 valence electrons. The van der Waals surface area contributed by atoms with Gasteiger partial charge in [0.15, 0.2) is 0 Å². The third-order valence-corrected chi connectivity index (χ3v) is 5.75. The lowest BCUT2D eigenvalue weighted by Crippen LogP contribution is -2.31. The Labute approximate surface area is 136 Å². The predicted molar refractivity (Wildman–Crippen MR) is 87.0 cm³/mol. The van der Waals surface area contributed by atoms with Crippen LogP contribution in [0.15, 0.2) is 34.9 Å². The van der Waals surface area contributed by atoms with Crippen LogP contribution in [0.4, 0.5) is 0 Å². The van der Waals surface area contributed by atoms with Gasteiger partial charge in [0.05, 0.1) is 11.8 Å². The van der Waals surface area contributed by atoms with Crippen molar-refractivity contribution in [2.24, 2.45) is 5.92 Å². The summed E-state index contributed by atoms with van der Waals surface area (Å²) in [4.78, 5) is 4.29. The van der Waals surface area contributed by atoms with Gasteiger partial charge in [-0.2, -0.15) is 4.98 Å². The number of rotatable bonds is 6. The Hall–Kier alpha value is -1.73. The number of sulfonamides is 1. The number of nitrogens with one attached hydrogen (secondary N) is 1. The Morgan fingerprint density at radius 1 is 1.26 bits per heavy atom. The summed E-state index contributed by atoms with van der Waals surface area (Å²) >= 11 is 0. The molecule has 1 N–H and O–H groups in total. The minimum absolute atomic E-state index is 0.178. The van der Waals surface area contributed by atoms with Gasteiger partial charge in [-0.15, -0.1) is 0 Å². The smallest absolute Gasteiger partial charge is 0.244 e. The van der Waals surface area contributed by atoms with Gasteiger partial charge in [-0.1, -0.05) is 48.3 Å². The quantitative estimate of drug-likeness (QED) is 0.877. The van der Waals surface area contributed by atoms with E-state index in [1.807, 2.05) is 30.3 Å². The van der Waals surface area contributed by atoms with E-state index >= 15 is 0 Å². The zero-order valence-corrected chi connectivity index (χ0v) is 13.9. The fourth-order valence-corrected chi connectivity index (χ4v) is 4.66. The largest absolute Gasteiger partial charge is 0.337 e. The van der Waals surface area contributed by atoms with E-state index in [-0.39, 0.29) is 17.6 Å². The van der Waals surface area contributed by atoms with Crippen molar-refractivity contribution >= 4 is 10.0 Å². The van der Waals surface area contributed by atoms with Crippen molar-refractivity contribution in [2.45, 2.75) is 38.6 Å². The minimum Gasteiger partial charge on any atom is -0.337 e. The molecule has 1 atom stereocenters. The number of nitrogens with zero attached hydrogens (tertiary/aromatic N) is 2. The van der Waals surface area contributed by atoms with Crippen LogP contribution in [0, 0.1) is 5.92 Å². The maximum absolute atomic E-state index is 12.2. The molecule has 0 aliphatic heterocycles. The van der Waals surface area contributed by atoms with E-state index in [2.05, 4.69) is 14.9 Å². The molecule has 0 saturated heterocycles. The highest BCUT2D eigenvalue weighted by Gasteiger charge is 2.26. The number of benzene rings is 1. The fourth-order valence-electron chi connectivity index (χ4n) is 2.97. The van der Waals surface area contributed by atoms with Gasteiger partial charge in [0.2, 0.25) is 21.7 Å². The summed E-state index contributed by atoms with van der Waals surface area (Å²) in [5.41, 5.74) is 0.837. The van der Waals surface area contributed by atoms with Crippen LogP contribution in [0.5, 0.6) is 0 Å². The maximum atomic E-state index is 12.2. The molecule has 0 spiro atoms. The molecule has 23 heavy (non-hydrogen) atoms. The molecule has 1 saturated carbocycles. The Kier molecular flexibility index (Phi) is 4.77. The lowest BCUT2D eigenvalue weighted by atomic mass is 10.1. The zero-order chi connectivity index (χ0) is 16.3. The first-order valence-corrected chi connectivity index (χ1v) is 9.58. The summed E-state index contributed by atoms with van der Waals surface area (Å²) in [5, 5.41) is 3.92. The van der Waals surface area contributed by atoms with E-state index in [1.54, 1.807) is 6.92 Å². The van der Waals surface area contributed by atoms with Crippen molar-refractivity contribution in [3.63, 3.8) is 0 Å². The number of hydrogen-bond donors (Lipinski definition) is 1. The summed E-state index contributed by atoms with van der Waals surface area (Å²) < 4.78 is 32.3. The van der Waals surface area contributed by atoms with E-state index in [4.69, 9.17) is 4.52 Å². The highest BCUT2D eigenvalue weighted by atomic mass is 32.2. The molecule has 0 bridgehead atoms. The van der Waals surface area contributed by atoms with Crippen molar-refractivity contribution in [1.29, 1.82) is 0 Å². The molecule has 7 heteroatoms. The Morgan fingerprint density at radius 3 is 2.65 bits per heavy atom. The molecule has 1 aliphatic carbocycles. The third kappa shape index (κ3) is 4.17. The Morgan fingerprint density at radius 2 is 1.96 bits per heavy atom. The van der Waals surface area contributed by atoms with Crippen LogP contribution in [0.25, 0.3) is 11.4 Å². The molecule has 1 fully saturated rings. The third-order valence-electron chi connectivity index (χ3n) is 4.13. The highest BCUT2D eigenvalue weighted by Crippen LogP contribution is 2.26. The molecular weight excluding hydrogens is 314 g/mol. The fraction of sp³-hybridized carbons (Fsp3) is 0.500. The molecule has 3 rings (SSSR count). The normalized spacial score (nSPS) is 17.4. The first-order chi connectivity index (χ1) is 11.0. The van der Waals surface area contributed by atoms with Crippen molar-refractivity contribution in [3.8, 4) is 11.4 Å². The Balaban J connectivity index is 1.66. The molecule has 0 unspecified atom stereocenters. The molecule has 6 nitrogen and oxygen atoms in total. The second-order valence-corrected chi connectivity index (χ2v) is 7.89. The summed E-state index contributed by atoms with van der Waals surface area (Å²) in [6, 6.07) is 8.90. The zero-order valence-electron chi connectivity index (χ0n) is 13.1. The van der Waals surface area contributed by atoms with Crippen LogP contribution in [0.3, 0.4) is 0 Å². The van der Waals surface area contributed by atoms with Gasteiger partial charge in [0, 0.05) is 5.56 Å². The second-order valence-electron chi connectivity index (χ2n) is 6.09. The standard InChI is InChI=1S/C16H21N3O3S/c1-12(19-23(20,21)11-13-7-5-6-8-13)16-17-15(18-22-16)14-9-3-2-4-10-14/h2-4,9-10,12-13,19H,5-8,11H2,1H3/t12-/m0/s1. The van der Waals surface area contributed by atoms with Crippen molar-refractivity contribution < 1.29 is 12.9 Å². The van der Waals surface area contributed by atoms with Crippen molar-refractivity contribution in [3.05, 3.63) is 36.2 Å². The van der Waals surface area contributed by atoms with E-state index in [1.165, 1.54) is 0 Å². The van der Waals surface area contributed by atoms with Crippen LogP contribution >= 0.6 is 0 Å². The van der Waals surface area contributed by atoms with Crippen molar-refractivity contribution in [2.75, 3.05) is 5.75 Å². The SMILES string of the molecule is C[C@H](NS(=O)(=O)CC1CCCC1)c1nc(-c2ccccc2)no1. The molecule has 1 aromatic carbocycles. The van der Waals surface area contributed by atoms with E-state index in [0.29, 0.717) is 5.82 Å².